The SMILES string of the molecule is CCC/C=C/C1OCC2=C(C1O)C(O)C(O)C1(O)CC(C(C)(C)O)OC21. The second-order valence-electron chi connectivity index (χ2n) is 8.16. The Balaban J connectivity index is 1.94. The molecule has 2 aliphatic heterocycles. The molecule has 7 unspecified atom stereocenters. The van der Waals surface area contributed by atoms with Crippen LogP contribution in [-0.2, 0) is 9.47 Å². The second-order valence-corrected chi connectivity index (χ2v) is 8.16. The van der Waals surface area contributed by atoms with Crippen LogP contribution in [0, 0.1) is 0 Å². The molecule has 0 aromatic carbocycles. The highest BCUT2D eigenvalue weighted by molar-refractivity contribution is 5.40. The summed E-state index contributed by atoms with van der Waals surface area (Å²) in [6, 6.07) is 0. The molecule has 0 radical (unpaired) electrons. The van der Waals surface area contributed by atoms with Crippen molar-refractivity contribution in [3.8, 4) is 0 Å². The van der Waals surface area contributed by atoms with Gasteiger partial charge in [-0.05, 0) is 31.4 Å². The van der Waals surface area contributed by atoms with Gasteiger partial charge in [-0.2, -0.15) is 0 Å². The number of ether oxygens (including phenoxy) is 2. The first-order valence-electron chi connectivity index (χ1n) is 9.26. The van der Waals surface area contributed by atoms with Crippen molar-refractivity contribution in [2.75, 3.05) is 6.61 Å². The monoisotopic (exact) mass is 370 g/mol. The molecule has 0 saturated carbocycles. The predicted octanol–water partition coefficient (Wildman–Crippen LogP) is -0.206. The molecule has 0 amide bonds. The summed E-state index contributed by atoms with van der Waals surface area (Å²) in [5.74, 6) is 0. The first-order valence-corrected chi connectivity index (χ1v) is 9.26. The van der Waals surface area contributed by atoms with Gasteiger partial charge in [-0.1, -0.05) is 25.5 Å². The molecule has 0 aromatic rings. The third-order valence-electron chi connectivity index (χ3n) is 5.71. The van der Waals surface area contributed by atoms with E-state index in [9.17, 15) is 25.5 Å². The third-order valence-corrected chi connectivity index (χ3v) is 5.71. The maximum absolute atomic E-state index is 11.0. The number of aliphatic hydroxyl groups is 5. The quantitative estimate of drug-likeness (QED) is 0.435. The zero-order valence-corrected chi connectivity index (χ0v) is 15.5. The van der Waals surface area contributed by atoms with Gasteiger partial charge in [0.25, 0.3) is 0 Å². The lowest BCUT2D eigenvalue weighted by atomic mass is 9.70. The van der Waals surface area contributed by atoms with Crippen LogP contribution in [0.1, 0.15) is 40.0 Å². The maximum atomic E-state index is 11.0. The molecule has 1 saturated heterocycles. The first kappa shape index (κ1) is 19.9. The molecule has 0 spiro atoms. The molecule has 0 bridgehead atoms. The fourth-order valence-corrected chi connectivity index (χ4v) is 4.13. The van der Waals surface area contributed by atoms with Crippen LogP contribution in [0.15, 0.2) is 23.3 Å². The van der Waals surface area contributed by atoms with Crippen LogP contribution in [0.25, 0.3) is 0 Å². The number of unbranched alkanes of at least 4 members (excludes halogenated alkanes) is 1. The average Bonchev–Trinajstić information content (AvgIpc) is 2.94. The van der Waals surface area contributed by atoms with Gasteiger partial charge in [-0.15, -0.1) is 0 Å². The maximum Gasteiger partial charge on any atom is 0.126 e. The molecule has 1 aliphatic carbocycles. The Morgan fingerprint density at radius 1 is 1.23 bits per heavy atom. The molecule has 7 atom stereocenters. The van der Waals surface area contributed by atoms with Crippen molar-refractivity contribution in [1.82, 2.24) is 0 Å². The molecular weight excluding hydrogens is 340 g/mol. The highest BCUT2D eigenvalue weighted by Gasteiger charge is 2.62. The Morgan fingerprint density at radius 2 is 1.92 bits per heavy atom. The van der Waals surface area contributed by atoms with Crippen molar-refractivity contribution in [2.24, 2.45) is 0 Å². The van der Waals surface area contributed by atoms with Crippen LogP contribution in [0.5, 0.6) is 0 Å². The van der Waals surface area contributed by atoms with Gasteiger partial charge in [0.2, 0.25) is 0 Å². The predicted molar refractivity (Wildman–Crippen MR) is 93.4 cm³/mol. The van der Waals surface area contributed by atoms with Gasteiger partial charge in [0.1, 0.15) is 36.1 Å². The van der Waals surface area contributed by atoms with E-state index in [0.717, 1.165) is 12.8 Å². The summed E-state index contributed by atoms with van der Waals surface area (Å²) >= 11 is 0. The van der Waals surface area contributed by atoms with E-state index in [4.69, 9.17) is 9.47 Å². The summed E-state index contributed by atoms with van der Waals surface area (Å²) in [7, 11) is 0. The van der Waals surface area contributed by atoms with E-state index in [1.54, 1.807) is 19.9 Å². The van der Waals surface area contributed by atoms with Crippen molar-refractivity contribution in [1.29, 1.82) is 0 Å². The summed E-state index contributed by atoms with van der Waals surface area (Å²) in [6.07, 6.45) is -0.892. The number of allylic oxidation sites excluding steroid dienone is 1. The molecule has 7 nitrogen and oxygen atoms in total. The summed E-state index contributed by atoms with van der Waals surface area (Å²) in [5.41, 5.74) is -2.26. The lowest BCUT2D eigenvalue weighted by Crippen LogP contribution is -2.62. The van der Waals surface area contributed by atoms with Crippen molar-refractivity contribution in [3.63, 3.8) is 0 Å². The van der Waals surface area contributed by atoms with Gasteiger partial charge >= 0.3 is 0 Å². The fourth-order valence-electron chi connectivity index (χ4n) is 4.13. The van der Waals surface area contributed by atoms with Gasteiger partial charge < -0.3 is 35.0 Å². The van der Waals surface area contributed by atoms with Crippen LogP contribution in [0.3, 0.4) is 0 Å². The van der Waals surface area contributed by atoms with E-state index in [1.807, 2.05) is 13.0 Å². The van der Waals surface area contributed by atoms with Crippen LogP contribution in [0.2, 0.25) is 0 Å². The Hall–Kier alpha value is -0.800. The van der Waals surface area contributed by atoms with E-state index in [0.29, 0.717) is 5.57 Å². The van der Waals surface area contributed by atoms with Crippen LogP contribution >= 0.6 is 0 Å². The standard InChI is InChI=1S/C19H30O7/c1-4-5-6-7-11-14(20)13-10(9-25-11)17-19(24,16(22)15(13)21)8-12(26-17)18(2,3)23/h6-7,11-12,14-17,20-24H,4-5,8-9H2,1-3H3/b7-6+. The van der Waals surface area contributed by atoms with E-state index in [-0.39, 0.29) is 18.6 Å². The third kappa shape index (κ3) is 3.16. The Kier molecular flexibility index (Phi) is 5.35. The van der Waals surface area contributed by atoms with Gasteiger partial charge in [0, 0.05) is 6.42 Å². The molecule has 3 rings (SSSR count). The van der Waals surface area contributed by atoms with E-state index in [2.05, 4.69) is 0 Å². The number of fused-ring (bicyclic) bond motifs is 2. The van der Waals surface area contributed by atoms with Gasteiger partial charge in [-0.25, -0.2) is 0 Å². The Bertz CT molecular complexity index is 593. The van der Waals surface area contributed by atoms with Crippen molar-refractivity contribution >= 4 is 0 Å². The molecular formula is C19H30O7. The van der Waals surface area contributed by atoms with E-state index in [1.165, 1.54) is 0 Å². The summed E-state index contributed by atoms with van der Waals surface area (Å²) in [4.78, 5) is 0. The van der Waals surface area contributed by atoms with Crippen LogP contribution in [-0.4, -0.2) is 80.0 Å². The van der Waals surface area contributed by atoms with E-state index < -0.39 is 47.8 Å². The lowest BCUT2D eigenvalue weighted by molar-refractivity contribution is -0.164. The van der Waals surface area contributed by atoms with Crippen molar-refractivity contribution < 1.29 is 35.0 Å². The molecule has 1 fully saturated rings. The van der Waals surface area contributed by atoms with Gasteiger partial charge in [0.05, 0.1) is 18.3 Å². The highest BCUT2D eigenvalue weighted by Crippen LogP contribution is 2.48. The summed E-state index contributed by atoms with van der Waals surface area (Å²) in [6.45, 7) is 5.25. The minimum Gasteiger partial charge on any atom is -0.388 e. The van der Waals surface area contributed by atoms with Crippen molar-refractivity contribution in [3.05, 3.63) is 23.3 Å². The zero-order valence-electron chi connectivity index (χ0n) is 15.5. The van der Waals surface area contributed by atoms with Gasteiger partial charge in [-0.3, -0.25) is 0 Å². The first-order chi connectivity index (χ1) is 12.1. The topological polar surface area (TPSA) is 120 Å². The number of hydrogen-bond donors (Lipinski definition) is 5. The number of hydrogen-bond acceptors (Lipinski definition) is 7. The summed E-state index contributed by atoms with van der Waals surface area (Å²) in [5, 5.41) is 53.2. The lowest BCUT2D eigenvalue weighted by Gasteiger charge is -2.46. The molecule has 148 valence electrons. The minimum absolute atomic E-state index is 0.0217. The number of rotatable bonds is 4. The average molecular weight is 370 g/mol. The van der Waals surface area contributed by atoms with E-state index >= 15 is 0 Å². The Morgan fingerprint density at radius 3 is 2.54 bits per heavy atom. The highest BCUT2D eigenvalue weighted by atomic mass is 16.5. The zero-order chi connectivity index (χ0) is 19.3. The molecule has 5 N–H and O–H groups in total. The molecule has 7 heteroatoms. The smallest absolute Gasteiger partial charge is 0.126 e. The normalized spacial score (nSPS) is 43.7. The van der Waals surface area contributed by atoms with Crippen LogP contribution in [0.4, 0.5) is 0 Å². The van der Waals surface area contributed by atoms with Gasteiger partial charge in [0.15, 0.2) is 0 Å². The summed E-state index contributed by atoms with van der Waals surface area (Å²) < 4.78 is 11.6. The molecule has 0 aromatic heterocycles. The Labute approximate surface area is 153 Å². The fraction of sp³-hybridized carbons (Fsp3) is 0.789. The van der Waals surface area contributed by atoms with Crippen molar-refractivity contribution in [2.45, 2.75) is 87.9 Å². The van der Waals surface area contributed by atoms with Crippen LogP contribution < -0.4 is 0 Å². The second kappa shape index (κ2) is 6.98. The largest absolute Gasteiger partial charge is 0.388 e. The molecule has 3 aliphatic rings. The molecule has 26 heavy (non-hydrogen) atoms. The molecule has 2 heterocycles. The number of aliphatic hydroxyl groups excluding tert-OH is 3. The minimum atomic E-state index is -1.74.